The van der Waals surface area contributed by atoms with Crippen LogP contribution in [0.2, 0.25) is 0 Å². The number of ether oxygens (including phenoxy) is 1. The minimum absolute atomic E-state index is 0.0198. The Balaban J connectivity index is 1.72. The standard InChI is InChI=1S/C23H21F3N4O2/c1-13(31)8-22-27-10-16(11-28-22)15-6-7-19-20(9-15)30(14(2)29-19)12-17-18(24)4-3-5-21(17)32-23(25)26/h3-7,9-11,13,23,31H,8,12H2,1-2H3. The van der Waals surface area contributed by atoms with E-state index >= 15 is 0 Å². The predicted molar refractivity (Wildman–Crippen MR) is 113 cm³/mol. The van der Waals surface area contributed by atoms with Gasteiger partial charge in [0.2, 0.25) is 0 Å². The molecule has 2 heterocycles. The van der Waals surface area contributed by atoms with Crippen LogP contribution in [0, 0.1) is 12.7 Å². The maximum Gasteiger partial charge on any atom is 0.387 e. The minimum atomic E-state index is -3.06. The van der Waals surface area contributed by atoms with Crippen molar-refractivity contribution in [2.45, 2.75) is 39.5 Å². The van der Waals surface area contributed by atoms with Gasteiger partial charge in [-0.3, -0.25) is 0 Å². The van der Waals surface area contributed by atoms with Crippen LogP contribution < -0.4 is 4.74 Å². The monoisotopic (exact) mass is 442 g/mol. The number of hydrogen-bond acceptors (Lipinski definition) is 5. The minimum Gasteiger partial charge on any atom is -0.434 e. The molecule has 1 atom stereocenters. The van der Waals surface area contributed by atoms with Crippen LogP contribution in [0.4, 0.5) is 13.2 Å². The van der Waals surface area contributed by atoms with E-state index in [2.05, 4.69) is 19.7 Å². The smallest absolute Gasteiger partial charge is 0.387 e. The van der Waals surface area contributed by atoms with Crippen LogP contribution in [0.1, 0.15) is 24.1 Å². The summed E-state index contributed by atoms with van der Waals surface area (Å²) in [5.41, 5.74) is 3.00. The van der Waals surface area contributed by atoms with E-state index in [4.69, 9.17) is 0 Å². The summed E-state index contributed by atoms with van der Waals surface area (Å²) in [6.45, 7) is 0.355. The Labute approximate surface area is 182 Å². The summed E-state index contributed by atoms with van der Waals surface area (Å²) >= 11 is 0. The molecule has 1 N–H and O–H groups in total. The van der Waals surface area contributed by atoms with E-state index in [9.17, 15) is 18.3 Å². The number of aryl methyl sites for hydroxylation is 1. The molecule has 0 saturated heterocycles. The highest BCUT2D eigenvalue weighted by Gasteiger charge is 2.17. The van der Waals surface area contributed by atoms with Gasteiger partial charge in [0, 0.05) is 29.9 Å². The van der Waals surface area contributed by atoms with E-state index in [1.54, 1.807) is 30.8 Å². The highest BCUT2D eigenvalue weighted by molar-refractivity contribution is 5.82. The zero-order valence-corrected chi connectivity index (χ0v) is 17.5. The van der Waals surface area contributed by atoms with Gasteiger partial charge in [-0.05, 0) is 43.7 Å². The Morgan fingerprint density at radius 3 is 2.53 bits per heavy atom. The van der Waals surface area contributed by atoms with Crippen molar-refractivity contribution in [2.24, 2.45) is 0 Å². The molecule has 32 heavy (non-hydrogen) atoms. The molecule has 0 spiro atoms. The van der Waals surface area contributed by atoms with Crippen LogP contribution in [0.15, 0.2) is 48.8 Å². The number of aliphatic hydroxyl groups is 1. The maximum absolute atomic E-state index is 14.5. The third kappa shape index (κ3) is 4.57. The Hall–Kier alpha value is -3.46. The predicted octanol–water partition coefficient (Wildman–Crippen LogP) is 4.51. The molecule has 0 bridgehead atoms. The molecule has 6 nitrogen and oxygen atoms in total. The van der Waals surface area contributed by atoms with E-state index < -0.39 is 18.5 Å². The molecule has 0 radical (unpaired) electrons. The zero-order valence-electron chi connectivity index (χ0n) is 17.5. The van der Waals surface area contributed by atoms with Crippen molar-refractivity contribution < 1.29 is 23.0 Å². The second-order valence-corrected chi connectivity index (χ2v) is 7.48. The molecular weight excluding hydrogens is 421 g/mol. The topological polar surface area (TPSA) is 73.1 Å². The second-order valence-electron chi connectivity index (χ2n) is 7.48. The molecule has 1 unspecified atom stereocenters. The summed E-state index contributed by atoms with van der Waals surface area (Å²) in [6.07, 6.45) is 3.17. The SMILES string of the molecule is Cc1nc2ccc(-c3cnc(CC(C)O)nc3)cc2n1Cc1c(F)cccc1OC(F)F. The van der Waals surface area contributed by atoms with Gasteiger partial charge in [0.1, 0.15) is 23.2 Å². The lowest BCUT2D eigenvalue weighted by atomic mass is 10.1. The number of aromatic nitrogens is 4. The summed E-state index contributed by atoms with van der Waals surface area (Å²) in [6, 6.07) is 9.43. The first-order valence-corrected chi connectivity index (χ1v) is 10.00. The zero-order chi connectivity index (χ0) is 22.8. The fourth-order valence-electron chi connectivity index (χ4n) is 3.55. The first-order valence-electron chi connectivity index (χ1n) is 10.00. The highest BCUT2D eigenvalue weighted by Crippen LogP contribution is 2.29. The first-order chi connectivity index (χ1) is 15.3. The van der Waals surface area contributed by atoms with Crippen LogP contribution in [0.25, 0.3) is 22.2 Å². The Kier molecular flexibility index (Phi) is 6.09. The first kappa shape index (κ1) is 21.8. The average Bonchev–Trinajstić information content (AvgIpc) is 3.04. The van der Waals surface area contributed by atoms with E-state index in [1.165, 1.54) is 18.2 Å². The van der Waals surface area contributed by atoms with Crippen LogP contribution in [0.3, 0.4) is 0 Å². The van der Waals surface area contributed by atoms with E-state index in [0.29, 0.717) is 29.1 Å². The summed E-state index contributed by atoms with van der Waals surface area (Å²) in [5.74, 6) is 0.297. The van der Waals surface area contributed by atoms with Gasteiger partial charge in [0.25, 0.3) is 0 Å². The summed E-state index contributed by atoms with van der Waals surface area (Å²) in [5, 5.41) is 9.48. The van der Waals surface area contributed by atoms with Crippen LogP contribution in [0.5, 0.6) is 5.75 Å². The number of aliphatic hydroxyl groups excluding tert-OH is 1. The Bertz CT molecular complexity index is 1240. The molecule has 4 rings (SSSR count). The van der Waals surface area contributed by atoms with Crippen molar-refractivity contribution >= 4 is 11.0 Å². The molecule has 0 aliphatic heterocycles. The lowest BCUT2D eigenvalue weighted by Gasteiger charge is -2.14. The maximum atomic E-state index is 14.5. The lowest BCUT2D eigenvalue weighted by molar-refractivity contribution is -0.0506. The van der Waals surface area contributed by atoms with Crippen LogP contribution >= 0.6 is 0 Å². The van der Waals surface area contributed by atoms with Crippen molar-refractivity contribution in [3.8, 4) is 16.9 Å². The van der Waals surface area contributed by atoms with Crippen molar-refractivity contribution in [2.75, 3.05) is 0 Å². The molecule has 0 fully saturated rings. The van der Waals surface area contributed by atoms with Crippen molar-refractivity contribution in [3.63, 3.8) is 0 Å². The van der Waals surface area contributed by atoms with Gasteiger partial charge in [-0.1, -0.05) is 12.1 Å². The van der Waals surface area contributed by atoms with Crippen molar-refractivity contribution in [3.05, 3.63) is 71.8 Å². The molecular formula is C23H21F3N4O2. The molecule has 4 aromatic rings. The number of fused-ring (bicyclic) bond motifs is 1. The number of alkyl halides is 2. The summed E-state index contributed by atoms with van der Waals surface area (Å²) in [4.78, 5) is 13.1. The third-order valence-electron chi connectivity index (χ3n) is 5.06. The van der Waals surface area contributed by atoms with Gasteiger partial charge in [-0.2, -0.15) is 8.78 Å². The van der Waals surface area contributed by atoms with Gasteiger partial charge in [0.15, 0.2) is 0 Å². The average molecular weight is 442 g/mol. The number of benzene rings is 2. The second kappa shape index (κ2) is 8.96. The summed E-state index contributed by atoms with van der Waals surface area (Å²) < 4.78 is 46.4. The third-order valence-corrected chi connectivity index (χ3v) is 5.06. The Morgan fingerprint density at radius 1 is 1.09 bits per heavy atom. The number of halogens is 3. The largest absolute Gasteiger partial charge is 0.434 e. The van der Waals surface area contributed by atoms with Gasteiger partial charge < -0.3 is 14.4 Å². The number of imidazole rings is 1. The van der Waals surface area contributed by atoms with Crippen molar-refractivity contribution in [1.82, 2.24) is 19.5 Å². The molecule has 0 aliphatic rings. The van der Waals surface area contributed by atoms with Gasteiger partial charge in [-0.15, -0.1) is 0 Å². The summed E-state index contributed by atoms with van der Waals surface area (Å²) in [7, 11) is 0. The number of hydrogen-bond donors (Lipinski definition) is 1. The lowest BCUT2D eigenvalue weighted by Crippen LogP contribution is -2.10. The molecule has 0 saturated carbocycles. The fraction of sp³-hybridized carbons (Fsp3) is 0.261. The molecule has 2 aromatic heterocycles. The van der Waals surface area contributed by atoms with Crippen LogP contribution in [-0.4, -0.2) is 37.3 Å². The molecule has 2 aromatic carbocycles. The van der Waals surface area contributed by atoms with E-state index in [0.717, 1.165) is 11.1 Å². The highest BCUT2D eigenvalue weighted by atomic mass is 19.3. The van der Waals surface area contributed by atoms with Gasteiger partial charge in [-0.25, -0.2) is 19.3 Å². The van der Waals surface area contributed by atoms with Gasteiger partial charge >= 0.3 is 6.61 Å². The quantitative estimate of drug-likeness (QED) is 0.456. The molecule has 0 amide bonds. The van der Waals surface area contributed by atoms with E-state index in [1.807, 2.05) is 18.2 Å². The number of rotatable bonds is 7. The van der Waals surface area contributed by atoms with Gasteiger partial charge in [0.05, 0.1) is 23.7 Å². The normalized spacial score (nSPS) is 12.5. The fourth-order valence-corrected chi connectivity index (χ4v) is 3.55. The van der Waals surface area contributed by atoms with Crippen LogP contribution in [-0.2, 0) is 13.0 Å². The van der Waals surface area contributed by atoms with E-state index in [-0.39, 0.29) is 17.9 Å². The Morgan fingerprint density at radius 2 is 1.84 bits per heavy atom. The molecule has 0 aliphatic carbocycles. The van der Waals surface area contributed by atoms with Crippen molar-refractivity contribution in [1.29, 1.82) is 0 Å². The molecule has 166 valence electrons. The number of nitrogens with zero attached hydrogens (tertiary/aromatic N) is 4. The molecule has 9 heteroatoms.